The first-order chi connectivity index (χ1) is 8.61. The maximum atomic E-state index is 10.5. The molecule has 0 bridgehead atoms. The van der Waals surface area contributed by atoms with Gasteiger partial charge in [-0.3, -0.25) is 10.1 Å². The number of nitrogens with zero attached hydrogens (tertiary/aromatic N) is 6. The summed E-state index contributed by atoms with van der Waals surface area (Å²) in [5.41, 5.74) is 5.36. The average Bonchev–Trinajstić information content (AvgIpc) is 2.88. The molecule has 0 radical (unpaired) electrons. The third-order valence-corrected chi connectivity index (χ3v) is 2.00. The maximum Gasteiger partial charge on any atom is 0.307 e. The fraction of sp³-hybridized carbons (Fsp3) is 0. The lowest BCUT2D eigenvalue weighted by atomic mass is 10.4. The van der Waals surface area contributed by atoms with Crippen LogP contribution in [0.15, 0.2) is 29.8 Å². The van der Waals surface area contributed by atoms with E-state index in [2.05, 4.69) is 20.2 Å². The van der Waals surface area contributed by atoms with Crippen LogP contribution in [0, 0.1) is 10.1 Å². The first kappa shape index (κ1) is 11.4. The van der Waals surface area contributed by atoms with Crippen LogP contribution in [0.3, 0.4) is 0 Å². The van der Waals surface area contributed by atoms with Crippen LogP contribution in [0.5, 0.6) is 0 Å². The fourth-order valence-electron chi connectivity index (χ4n) is 1.17. The Morgan fingerprint density at radius 1 is 1.61 bits per heavy atom. The monoisotopic (exact) mass is 249 g/mol. The van der Waals surface area contributed by atoms with E-state index in [1.807, 2.05) is 0 Å². The predicted molar refractivity (Wildman–Crippen MR) is 58.3 cm³/mol. The van der Waals surface area contributed by atoms with Gasteiger partial charge >= 0.3 is 5.69 Å². The van der Waals surface area contributed by atoms with Crippen molar-refractivity contribution in [2.24, 2.45) is 10.9 Å². The van der Waals surface area contributed by atoms with Crippen LogP contribution in [-0.2, 0) is 0 Å². The van der Waals surface area contributed by atoms with Gasteiger partial charge in [0.05, 0.1) is 4.92 Å². The highest BCUT2D eigenvalue weighted by molar-refractivity contribution is 5.95. The highest BCUT2D eigenvalue weighted by Gasteiger charge is 2.12. The van der Waals surface area contributed by atoms with Crippen molar-refractivity contribution in [1.29, 1.82) is 0 Å². The Labute approximate surface area is 99.5 Å². The zero-order valence-electron chi connectivity index (χ0n) is 8.83. The topological polar surface area (TPSA) is 145 Å². The lowest BCUT2D eigenvalue weighted by Crippen LogP contribution is -2.16. The Morgan fingerprint density at radius 2 is 2.39 bits per heavy atom. The SMILES string of the molecule is N/C(=N/O)c1ccnc(-n2cc([N+](=O)[O-])cn2)n1. The average molecular weight is 249 g/mol. The van der Waals surface area contributed by atoms with Gasteiger partial charge in [0.2, 0.25) is 0 Å². The minimum atomic E-state index is -0.586. The number of hydrogen-bond donors (Lipinski definition) is 2. The molecular formula is C8H7N7O3. The van der Waals surface area contributed by atoms with Crippen molar-refractivity contribution in [2.45, 2.75) is 0 Å². The summed E-state index contributed by atoms with van der Waals surface area (Å²) in [7, 11) is 0. The normalized spacial score (nSPS) is 11.4. The molecular weight excluding hydrogens is 242 g/mol. The summed E-state index contributed by atoms with van der Waals surface area (Å²) in [6, 6.07) is 1.43. The Hall–Kier alpha value is -3.04. The van der Waals surface area contributed by atoms with E-state index < -0.39 is 4.92 Å². The maximum absolute atomic E-state index is 10.5. The molecule has 0 aliphatic carbocycles. The van der Waals surface area contributed by atoms with Gasteiger partial charge in [0, 0.05) is 6.20 Å². The van der Waals surface area contributed by atoms with Crippen LogP contribution in [0.1, 0.15) is 5.69 Å². The van der Waals surface area contributed by atoms with E-state index >= 15 is 0 Å². The highest BCUT2D eigenvalue weighted by Crippen LogP contribution is 2.10. The van der Waals surface area contributed by atoms with Gasteiger partial charge in [-0.1, -0.05) is 5.16 Å². The van der Waals surface area contributed by atoms with Crippen molar-refractivity contribution in [3.8, 4) is 5.95 Å². The molecule has 0 aliphatic rings. The van der Waals surface area contributed by atoms with E-state index in [1.165, 1.54) is 12.3 Å². The van der Waals surface area contributed by atoms with E-state index in [0.717, 1.165) is 17.1 Å². The molecule has 2 heterocycles. The lowest BCUT2D eigenvalue weighted by molar-refractivity contribution is -0.384. The van der Waals surface area contributed by atoms with Crippen molar-refractivity contribution in [2.75, 3.05) is 0 Å². The summed E-state index contributed by atoms with van der Waals surface area (Å²) in [5.74, 6) is -0.118. The van der Waals surface area contributed by atoms with Crippen LogP contribution in [0.4, 0.5) is 5.69 Å². The molecule has 0 aromatic carbocycles. The zero-order valence-corrected chi connectivity index (χ0v) is 8.83. The number of amidine groups is 1. The molecule has 10 heteroatoms. The predicted octanol–water partition coefficient (Wildman–Crippen LogP) is -0.335. The third-order valence-electron chi connectivity index (χ3n) is 2.00. The number of nitro groups is 1. The summed E-state index contributed by atoms with van der Waals surface area (Å²) in [6.07, 6.45) is 3.59. The molecule has 2 aromatic rings. The summed E-state index contributed by atoms with van der Waals surface area (Å²) in [5, 5.41) is 25.6. The van der Waals surface area contributed by atoms with Crippen LogP contribution in [0.2, 0.25) is 0 Å². The summed E-state index contributed by atoms with van der Waals surface area (Å²) >= 11 is 0. The van der Waals surface area contributed by atoms with Crippen molar-refractivity contribution < 1.29 is 10.1 Å². The Kier molecular flexibility index (Phi) is 2.83. The van der Waals surface area contributed by atoms with Crippen LogP contribution in [0.25, 0.3) is 5.95 Å². The van der Waals surface area contributed by atoms with E-state index in [1.54, 1.807) is 0 Å². The van der Waals surface area contributed by atoms with E-state index in [4.69, 9.17) is 10.9 Å². The molecule has 0 fully saturated rings. The van der Waals surface area contributed by atoms with Gasteiger partial charge in [-0.05, 0) is 6.07 Å². The standard InChI is InChI=1S/C8H7N7O3/c9-7(13-16)6-1-2-10-8(12-6)14-4-5(3-11-14)15(17)18/h1-4,16H,(H2,9,13). The highest BCUT2D eigenvalue weighted by atomic mass is 16.6. The molecule has 10 nitrogen and oxygen atoms in total. The first-order valence-electron chi connectivity index (χ1n) is 4.62. The molecule has 2 aromatic heterocycles. The molecule has 0 amide bonds. The largest absolute Gasteiger partial charge is 0.409 e. The van der Waals surface area contributed by atoms with Crippen molar-refractivity contribution in [3.63, 3.8) is 0 Å². The van der Waals surface area contributed by atoms with E-state index in [-0.39, 0.29) is 23.2 Å². The summed E-state index contributed by atoms with van der Waals surface area (Å²) in [4.78, 5) is 17.7. The molecule has 3 N–H and O–H groups in total. The Morgan fingerprint density at radius 3 is 3.00 bits per heavy atom. The molecule has 92 valence electrons. The van der Waals surface area contributed by atoms with Gasteiger partial charge in [-0.2, -0.15) is 9.78 Å². The number of aromatic nitrogens is 4. The Balaban J connectivity index is 2.41. The van der Waals surface area contributed by atoms with Crippen LogP contribution >= 0.6 is 0 Å². The molecule has 0 aliphatic heterocycles. The van der Waals surface area contributed by atoms with Gasteiger partial charge in [-0.15, -0.1) is 0 Å². The third kappa shape index (κ3) is 2.07. The summed E-state index contributed by atoms with van der Waals surface area (Å²) in [6.45, 7) is 0. The van der Waals surface area contributed by atoms with Crippen LogP contribution < -0.4 is 5.73 Å². The summed E-state index contributed by atoms with van der Waals surface area (Å²) < 4.78 is 1.12. The Bertz CT molecular complexity index is 621. The van der Waals surface area contributed by atoms with E-state index in [0.29, 0.717) is 0 Å². The molecule has 0 saturated heterocycles. The second kappa shape index (κ2) is 4.45. The van der Waals surface area contributed by atoms with Gasteiger partial charge in [-0.25, -0.2) is 9.97 Å². The molecule has 0 atom stereocenters. The quantitative estimate of drug-likeness (QED) is 0.249. The molecule has 0 saturated carbocycles. The second-order valence-electron chi connectivity index (χ2n) is 3.13. The van der Waals surface area contributed by atoms with Gasteiger partial charge < -0.3 is 10.9 Å². The van der Waals surface area contributed by atoms with Gasteiger partial charge in [0.25, 0.3) is 5.95 Å². The van der Waals surface area contributed by atoms with E-state index in [9.17, 15) is 10.1 Å². The number of nitrogens with two attached hydrogens (primary N) is 1. The lowest BCUT2D eigenvalue weighted by Gasteiger charge is -2.00. The van der Waals surface area contributed by atoms with Gasteiger partial charge in [0.1, 0.15) is 18.1 Å². The molecule has 2 rings (SSSR count). The minimum Gasteiger partial charge on any atom is -0.409 e. The van der Waals surface area contributed by atoms with Crippen molar-refractivity contribution >= 4 is 11.5 Å². The van der Waals surface area contributed by atoms with Gasteiger partial charge in [0.15, 0.2) is 5.84 Å². The second-order valence-corrected chi connectivity index (χ2v) is 3.13. The van der Waals surface area contributed by atoms with Crippen LogP contribution in [-0.4, -0.2) is 35.7 Å². The molecule has 0 unspecified atom stereocenters. The number of hydrogen-bond acceptors (Lipinski definition) is 7. The number of rotatable bonds is 3. The minimum absolute atomic E-state index is 0.0761. The molecule has 18 heavy (non-hydrogen) atoms. The number of oxime groups is 1. The smallest absolute Gasteiger partial charge is 0.307 e. The first-order valence-corrected chi connectivity index (χ1v) is 4.62. The zero-order chi connectivity index (χ0) is 13.1. The fourth-order valence-corrected chi connectivity index (χ4v) is 1.17. The van der Waals surface area contributed by atoms with Crippen molar-refractivity contribution in [3.05, 3.63) is 40.5 Å². The molecule has 0 spiro atoms. The van der Waals surface area contributed by atoms with Crippen molar-refractivity contribution in [1.82, 2.24) is 19.7 Å².